The largest absolute Gasteiger partial charge is 0.504 e. The van der Waals surface area contributed by atoms with Crippen LogP contribution in [0.4, 0.5) is 0 Å². The predicted molar refractivity (Wildman–Crippen MR) is 52.8 cm³/mol. The van der Waals surface area contributed by atoms with Crippen LogP contribution in [0.15, 0.2) is 6.07 Å². The summed E-state index contributed by atoms with van der Waals surface area (Å²) in [5, 5.41) is 18.3. The van der Waals surface area contributed by atoms with Crippen molar-refractivity contribution in [2.24, 2.45) is 0 Å². The number of phenolic OH excluding ortho intramolecular Hbond substituents is 1. The number of phenols is 1. The van der Waals surface area contributed by atoms with E-state index in [2.05, 4.69) is 0 Å². The molecule has 0 aromatic heterocycles. The Morgan fingerprint density at radius 1 is 1.43 bits per heavy atom. The molecule has 0 aliphatic heterocycles. The SMILES string of the molecule is COc1c(C)c(C)cc(CNO)c1O. The molecule has 0 amide bonds. The summed E-state index contributed by atoms with van der Waals surface area (Å²) in [6.07, 6.45) is 0. The van der Waals surface area contributed by atoms with Crippen molar-refractivity contribution in [3.8, 4) is 11.5 Å². The second-order valence-corrected chi connectivity index (χ2v) is 3.19. The molecule has 1 rings (SSSR count). The van der Waals surface area contributed by atoms with Crippen molar-refractivity contribution in [1.29, 1.82) is 0 Å². The number of aromatic hydroxyl groups is 1. The van der Waals surface area contributed by atoms with Gasteiger partial charge < -0.3 is 15.1 Å². The summed E-state index contributed by atoms with van der Waals surface area (Å²) in [6.45, 7) is 4.01. The Hall–Kier alpha value is -1.26. The summed E-state index contributed by atoms with van der Waals surface area (Å²) >= 11 is 0. The summed E-state index contributed by atoms with van der Waals surface area (Å²) in [4.78, 5) is 0. The quantitative estimate of drug-likeness (QED) is 0.642. The highest BCUT2D eigenvalue weighted by Gasteiger charge is 2.12. The minimum atomic E-state index is 0.0807. The summed E-state index contributed by atoms with van der Waals surface area (Å²) in [5.74, 6) is 0.549. The number of hydroxylamine groups is 1. The molecule has 4 nitrogen and oxygen atoms in total. The number of benzene rings is 1. The molecule has 4 heteroatoms. The zero-order valence-corrected chi connectivity index (χ0v) is 8.59. The molecule has 0 bridgehead atoms. The summed E-state index contributed by atoms with van der Waals surface area (Å²) in [6, 6.07) is 1.82. The molecule has 1 aromatic rings. The van der Waals surface area contributed by atoms with Crippen molar-refractivity contribution >= 4 is 0 Å². The Labute approximate surface area is 83.1 Å². The molecular weight excluding hydrogens is 182 g/mol. The number of hydrogen-bond donors (Lipinski definition) is 3. The van der Waals surface area contributed by atoms with Gasteiger partial charge in [0.2, 0.25) is 0 Å². The van der Waals surface area contributed by atoms with E-state index in [0.29, 0.717) is 11.3 Å². The van der Waals surface area contributed by atoms with Crippen molar-refractivity contribution in [2.75, 3.05) is 7.11 Å². The molecule has 0 fully saturated rings. The third-order valence-electron chi connectivity index (χ3n) is 2.32. The minimum absolute atomic E-state index is 0.0807. The van der Waals surface area contributed by atoms with Gasteiger partial charge in [-0.15, -0.1) is 0 Å². The highest BCUT2D eigenvalue weighted by Crippen LogP contribution is 2.35. The predicted octanol–water partition coefficient (Wildman–Crippen LogP) is 1.50. The van der Waals surface area contributed by atoms with Crippen LogP contribution in [0.2, 0.25) is 0 Å². The Morgan fingerprint density at radius 2 is 2.07 bits per heavy atom. The van der Waals surface area contributed by atoms with E-state index in [1.54, 1.807) is 0 Å². The van der Waals surface area contributed by atoms with Crippen LogP contribution in [0, 0.1) is 13.8 Å². The van der Waals surface area contributed by atoms with Gasteiger partial charge in [-0.25, -0.2) is 5.48 Å². The van der Waals surface area contributed by atoms with Gasteiger partial charge in [-0.3, -0.25) is 0 Å². The zero-order valence-electron chi connectivity index (χ0n) is 8.59. The standard InChI is InChI=1S/C10H15NO3/c1-6-4-8(5-11-13)9(12)10(14-3)7(6)2/h4,11-13H,5H2,1-3H3. The lowest BCUT2D eigenvalue weighted by atomic mass is 10.0. The first kappa shape index (κ1) is 10.8. The van der Waals surface area contributed by atoms with E-state index in [1.165, 1.54) is 7.11 Å². The molecule has 0 atom stereocenters. The Kier molecular flexibility index (Phi) is 3.33. The number of nitrogens with one attached hydrogen (secondary N) is 1. The van der Waals surface area contributed by atoms with Crippen LogP contribution in [-0.4, -0.2) is 17.4 Å². The molecule has 1 aromatic carbocycles. The summed E-state index contributed by atoms with van der Waals surface area (Å²) in [5.41, 5.74) is 4.55. The zero-order chi connectivity index (χ0) is 10.7. The normalized spacial score (nSPS) is 10.3. The second kappa shape index (κ2) is 4.30. The van der Waals surface area contributed by atoms with Gasteiger partial charge in [0.25, 0.3) is 0 Å². The lowest BCUT2D eigenvalue weighted by molar-refractivity contribution is 0.160. The fraction of sp³-hybridized carbons (Fsp3) is 0.400. The van der Waals surface area contributed by atoms with Crippen LogP contribution in [-0.2, 0) is 6.54 Å². The van der Waals surface area contributed by atoms with Gasteiger partial charge in [-0.1, -0.05) is 6.07 Å². The highest BCUT2D eigenvalue weighted by atomic mass is 16.5. The molecule has 0 radical (unpaired) electrons. The van der Waals surface area contributed by atoms with Crippen molar-refractivity contribution in [2.45, 2.75) is 20.4 Å². The van der Waals surface area contributed by atoms with Crippen LogP contribution >= 0.6 is 0 Å². The van der Waals surface area contributed by atoms with Gasteiger partial charge in [0.15, 0.2) is 11.5 Å². The van der Waals surface area contributed by atoms with Gasteiger partial charge in [0.05, 0.1) is 7.11 Å². The molecule has 14 heavy (non-hydrogen) atoms. The maximum absolute atomic E-state index is 9.75. The number of methoxy groups -OCH3 is 1. The van der Waals surface area contributed by atoms with Gasteiger partial charge in [0.1, 0.15) is 0 Å². The average molecular weight is 197 g/mol. The van der Waals surface area contributed by atoms with E-state index in [4.69, 9.17) is 9.94 Å². The fourth-order valence-electron chi connectivity index (χ4n) is 1.41. The van der Waals surface area contributed by atoms with Crippen molar-refractivity contribution in [3.05, 3.63) is 22.8 Å². The maximum Gasteiger partial charge on any atom is 0.163 e. The molecule has 3 N–H and O–H groups in total. The van der Waals surface area contributed by atoms with Crippen LogP contribution in [0.5, 0.6) is 11.5 Å². The topological polar surface area (TPSA) is 61.7 Å². The molecule has 0 aliphatic carbocycles. The number of hydrogen-bond acceptors (Lipinski definition) is 4. The van der Waals surface area contributed by atoms with E-state index in [1.807, 2.05) is 25.4 Å². The first-order valence-corrected chi connectivity index (χ1v) is 4.34. The van der Waals surface area contributed by atoms with Crippen LogP contribution in [0.1, 0.15) is 16.7 Å². The van der Waals surface area contributed by atoms with Crippen LogP contribution < -0.4 is 10.2 Å². The van der Waals surface area contributed by atoms with E-state index in [0.717, 1.165) is 11.1 Å². The highest BCUT2D eigenvalue weighted by molar-refractivity contribution is 5.53. The van der Waals surface area contributed by atoms with E-state index < -0.39 is 0 Å². The summed E-state index contributed by atoms with van der Waals surface area (Å²) < 4.78 is 5.08. The summed E-state index contributed by atoms with van der Waals surface area (Å²) in [7, 11) is 1.51. The Bertz CT molecular complexity index is 337. The minimum Gasteiger partial charge on any atom is -0.504 e. The van der Waals surface area contributed by atoms with Crippen molar-refractivity contribution in [1.82, 2.24) is 5.48 Å². The third-order valence-corrected chi connectivity index (χ3v) is 2.32. The van der Waals surface area contributed by atoms with E-state index in [-0.39, 0.29) is 12.3 Å². The molecule has 0 aliphatic rings. The first-order valence-electron chi connectivity index (χ1n) is 4.34. The lowest BCUT2D eigenvalue weighted by Crippen LogP contribution is -2.07. The molecule has 0 saturated carbocycles. The fourth-order valence-corrected chi connectivity index (χ4v) is 1.41. The maximum atomic E-state index is 9.75. The van der Waals surface area contributed by atoms with E-state index in [9.17, 15) is 5.11 Å². The molecule has 0 spiro atoms. The Balaban J connectivity index is 3.27. The third kappa shape index (κ3) is 1.81. The molecule has 78 valence electrons. The second-order valence-electron chi connectivity index (χ2n) is 3.19. The number of ether oxygens (including phenoxy) is 1. The van der Waals surface area contributed by atoms with Crippen LogP contribution in [0.3, 0.4) is 0 Å². The van der Waals surface area contributed by atoms with Gasteiger partial charge in [0, 0.05) is 12.1 Å². The monoisotopic (exact) mass is 197 g/mol. The molecule has 0 unspecified atom stereocenters. The number of rotatable bonds is 3. The lowest BCUT2D eigenvalue weighted by Gasteiger charge is -2.13. The van der Waals surface area contributed by atoms with E-state index >= 15 is 0 Å². The molecule has 0 heterocycles. The van der Waals surface area contributed by atoms with Crippen molar-refractivity contribution < 1.29 is 15.1 Å². The van der Waals surface area contributed by atoms with Crippen LogP contribution in [0.25, 0.3) is 0 Å². The molecule has 0 saturated heterocycles. The van der Waals surface area contributed by atoms with Gasteiger partial charge in [-0.2, -0.15) is 0 Å². The van der Waals surface area contributed by atoms with Gasteiger partial charge in [-0.05, 0) is 25.0 Å². The molecular formula is C10H15NO3. The smallest absolute Gasteiger partial charge is 0.163 e. The average Bonchev–Trinajstić information content (AvgIpc) is 2.16. The van der Waals surface area contributed by atoms with Gasteiger partial charge >= 0.3 is 0 Å². The number of aryl methyl sites for hydroxylation is 1. The van der Waals surface area contributed by atoms with Crippen molar-refractivity contribution in [3.63, 3.8) is 0 Å². The Morgan fingerprint density at radius 3 is 2.57 bits per heavy atom. The first-order chi connectivity index (χ1) is 6.61.